The van der Waals surface area contributed by atoms with E-state index in [1.54, 1.807) is 5.51 Å². The van der Waals surface area contributed by atoms with Gasteiger partial charge in [0.1, 0.15) is 4.88 Å². The Balaban J connectivity index is 2.18. The predicted molar refractivity (Wildman–Crippen MR) is 78.8 cm³/mol. The molecule has 1 fully saturated rings. The van der Waals surface area contributed by atoms with Crippen molar-refractivity contribution in [2.75, 3.05) is 20.1 Å². The van der Waals surface area contributed by atoms with Gasteiger partial charge >= 0.3 is 0 Å². The van der Waals surface area contributed by atoms with Crippen molar-refractivity contribution in [1.29, 1.82) is 0 Å². The molecule has 4 nitrogen and oxygen atoms in total. The van der Waals surface area contributed by atoms with E-state index in [0.29, 0.717) is 6.04 Å². The predicted octanol–water partition coefficient (Wildman–Crippen LogP) is 2.26. The molecule has 0 saturated carbocycles. The monoisotopic (exact) mass is 281 g/mol. The molecule has 1 aromatic rings. The summed E-state index contributed by atoms with van der Waals surface area (Å²) in [6.45, 7) is 7.97. The maximum atomic E-state index is 12.7. The summed E-state index contributed by atoms with van der Waals surface area (Å²) in [4.78, 5) is 19.8. The van der Waals surface area contributed by atoms with Gasteiger partial charge in [-0.15, -0.1) is 11.3 Å². The second-order valence-electron chi connectivity index (χ2n) is 6.16. The lowest BCUT2D eigenvalue weighted by molar-refractivity contribution is 0.0700. The summed E-state index contributed by atoms with van der Waals surface area (Å²) in [5.41, 5.74) is 2.63. The van der Waals surface area contributed by atoms with E-state index >= 15 is 0 Å². The Hall–Kier alpha value is -0.940. The second-order valence-corrected chi connectivity index (χ2v) is 7.01. The van der Waals surface area contributed by atoms with Gasteiger partial charge in [0.15, 0.2) is 0 Å². The van der Waals surface area contributed by atoms with Crippen molar-refractivity contribution in [2.24, 2.45) is 0 Å². The molecule has 1 saturated heterocycles. The minimum absolute atomic E-state index is 0.0802. The highest BCUT2D eigenvalue weighted by Gasteiger charge is 2.30. The molecule has 0 aliphatic carbocycles. The molecule has 1 aromatic heterocycles. The van der Waals surface area contributed by atoms with Crippen molar-refractivity contribution in [2.45, 2.75) is 45.1 Å². The van der Waals surface area contributed by atoms with Crippen LogP contribution in [-0.4, -0.2) is 42.0 Å². The summed E-state index contributed by atoms with van der Waals surface area (Å²) < 4.78 is 0. The number of nitrogens with one attached hydrogen (secondary N) is 1. The Bertz CT molecular complexity index is 450. The quantitative estimate of drug-likeness (QED) is 0.904. The van der Waals surface area contributed by atoms with Crippen molar-refractivity contribution < 1.29 is 4.79 Å². The van der Waals surface area contributed by atoms with Crippen molar-refractivity contribution in [1.82, 2.24) is 15.2 Å². The van der Waals surface area contributed by atoms with Crippen LogP contribution in [0.1, 0.15) is 49.0 Å². The van der Waals surface area contributed by atoms with E-state index in [1.165, 1.54) is 11.3 Å². The molecule has 2 rings (SSSR count). The van der Waals surface area contributed by atoms with Crippen molar-refractivity contribution in [3.05, 3.63) is 16.1 Å². The van der Waals surface area contributed by atoms with E-state index in [9.17, 15) is 4.79 Å². The molecule has 1 amide bonds. The number of carbonyl (C=O) groups is 1. The summed E-state index contributed by atoms with van der Waals surface area (Å²) >= 11 is 1.46. The molecule has 0 unspecified atom stereocenters. The maximum absolute atomic E-state index is 12.7. The number of hydrogen-bond acceptors (Lipinski definition) is 4. The van der Waals surface area contributed by atoms with Crippen LogP contribution in [-0.2, 0) is 5.41 Å². The van der Waals surface area contributed by atoms with Crippen molar-refractivity contribution in [3.8, 4) is 0 Å². The number of likely N-dealkylation sites (N-methyl/N-ethyl adjacent to an activating group) is 1. The molecular formula is C14H23N3OS. The normalized spacial score (nSPS) is 20.6. The van der Waals surface area contributed by atoms with E-state index in [4.69, 9.17) is 0 Å². The lowest BCUT2D eigenvalue weighted by atomic mass is 9.91. The molecule has 1 atom stereocenters. The number of rotatable bonds is 2. The van der Waals surface area contributed by atoms with Crippen LogP contribution in [0.4, 0.5) is 0 Å². The van der Waals surface area contributed by atoms with Gasteiger partial charge in [0.2, 0.25) is 0 Å². The van der Waals surface area contributed by atoms with E-state index in [1.807, 2.05) is 11.9 Å². The number of amides is 1. The van der Waals surface area contributed by atoms with Gasteiger partial charge in [-0.25, -0.2) is 4.98 Å². The molecule has 0 radical (unpaired) electrons. The zero-order valence-corrected chi connectivity index (χ0v) is 13.0. The van der Waals surface area contributed by atoms with E-state index in [2.05, 4.69) is 31.1 Å². The number of carbonyl (C=O) groups excluding carboxylic acids is 1. The Kier molecular flexibility index (Phi) is 4.26. The zero-order valence-electron chi connectivity index (χ0n) is 12.2. The van der Waals surface area contributed by atoms with Gasteiger partial charge in [0.25, 0.3) is 5.91 Å². The fourth-order valence-corrected chi connectivity index (χ4v) is 3.44. The summed E-state index contributed by atoms with van der Waals surface area (Å²) in [5, 5.41) is 3.27. The van der Waals surface area contributed by atoms with Crippen LogP contribution in [0, 0.1) is 0 Å². The number of likely N-dealkylation sites (tertiary alicyclic amines) is 1. The lowest BCUT2D eigenvalue weighted by Crippen LogP contribution is -2.47. The molecule has 1 aliphatic rings. The van der Waals surface area contributed by atoms with Crippen LogP contribution in [0.2, 0.25) is 0 Å². The third-order valence-corrected chi connectivity index (χ3v) is 4.40. The lowest BCUT2D eigenvalue weighted by Gasteiger charge is -2.32. The van der Waals surface area contributed by atoms with Crippen molar-refractivity contribution in [3.63, 3.8) is 0 Å². The molecule has 1 aliphatic heterocycles. The van der Waals surface area contributed by atoms with Gasteiger partial charge in [-0.05, 0) is 19.9 Å². The molecule has 0 bridgehead atoms. The largest absolute Gasteiger partial charge is 0.336 e. The highest BCUT2D eigenvalue weighted by Crippen LogP contribution is 2.28. The summed E-state index contributed by atoms with van der Waals surface area (Å²) in [5.74, 6) is 0.146. The number of nitrogens with zero attached hydrogens (tertiary/aromatic N) is 2. The third-order valence-electron chi connectivity index (χ3n) is 3.59. The smallest absolute Gasteiger partial charge is 0.265 e. The highest BCUT2D eigenvalue weighted by atomic mass is 32.1. The minimum Gasteiger partial charge on any atom is -0.336 e. The van der Waals surface area contributed by atoms with Crippen LogP contribution in [0.25, 0.3) is 0 Å². The van der Waals surface area contributed by atoms with Gasteiger partial charge in [-0.1, -0.05) is 20.8 Å². The second kappa shape index (κ2) is 5.59. The number of aromatic nitrogens is 1. The standard InChI is InChI=1S/C14H23N3OS/c1-14(2,3)12-11(19-9-16-12)13(18)17-7-5-6-10(8-17)15-4/h9-10,15H,5-8H2,1-4H3/t10-/m1/s1. The van der Waals surface area contributed by atoms with Crippen LogP contribution in [0.5, 0.6) is 0 Å². The zero-order chi connectivity index (χ0) is 14.0. The first-order chi connectivity index (χ1) is 8.93. The number of hydrogen-bond donors (Lipinski definition) is 1. The fraction of sp³-hybridized carbons (Fsp3) is 0.714. The first-order valence-electron chi connectivity index (χ1n) is 6.84. The van der Waals surface area contributed by atoms with E-state index < -0.39 is 0 Å². The fourth-order valence-electron chi connectivity index (χ4n) is 2.47. The van der Waals surface area contributed by atoms with Gasteiger partial charge in [0, 0.05) is 24.5 Å². The SMILES string of the molecule is CN[C@@H]1CCCN(C(=O)c2scnc2C(C)(C)C)C1. The molecule has 1 N–H and O–H groups in total. The molecule has 5 heteroatoms. The first-order valence-corrected chi connectivity index (χ1v) is 7.72. The topological polar surface area (TPSA) is 45.2 Å². The van der Waals surface area contributed by atoms with E-state index in [-0.39, 0.29) is 11.3 Å². The average Bonchev–Trinajstić information content (AvgIpc) is 2.87. The van der Waals surface area contributed by atoms with Crippen LogP contribution in [0.3, 0.4) is 0 Å². The molecule has 106 valence electrons. The molecule has 2 heterocycles. The summed E-state index contributed by atoms with van der Waals surface area (Å²) in [6, 6.07) is 0.420. The third kappa shape index (κ3) is 3.15. The molecular weight excluding hydrogens is 258 g/mol. The Morgan fingerprint density at radius 1 is 1.53 bits per heavy atom. The molecule has 19 heavy (non-hydrogen) atoms. The van der Waals surface area contributed by atoms with Gasteiger partial charge in [-0.3, -0.25) is 4.79 Å². The maximum Gasteiger partial charge on any atom is 0.265 e. The van der Waals surface area contributed by atoms with Crippen LogP contribution in [0.15, 0.2) is 5.51 Å². The van der Waals surface area contributed by atoms with Crippen molar-refractivity contribution >= 4 is 17.2 Å². The summed E-state index contributed by atoms with van der Waals surface area (Å²) in [6.07, 6.45) is 2.22. The number of thiazole rings is 1. The van der Waals surface area contributed by atoms with Gasteiger partial charge < -0.3 is 10.2 Å². The Morgan fingerprint density at radius 2 is 2.26 bits per heavy atom. The van der Waals surface area contributed by atoms with Gasteiger partial charge in [-0.2, -0.15) is 0 Å². The summed E-state index contributed by atoms with van der Waals surface area (Å²) in [7, 11) is 1.96. The molecule has 0 aromatic carbocycles. The van der Waals surface area contributed by atoms with E-state index in [0.717, 1.165) is 36.5 Å². The first kappa shape index (κ1) is 14.5. The highest BCUT2D eigenvalue weighted by molar-refractivity contribution is 7.11. The Labute approximate surface area is 119 Å². The van der Waals surface area contributed by atoms with Crippen LogP contribution >= 0.6 is 11.3 Å². The molecule has 0 spiro atoms. The Morgan fingerprint density at radius 3 is 2.89 bits per heavy atom. The van der Waals surface area contributed by atoms with Gasteiger partial charge in [0.05, 0.1) is 11.2 Å². The van der Waals surface area contributed by atoms with Crippen LogP contribution < -0.4 is 5.32 Å². The average molecular weight is 281 g/mol. The minimum atomic E-state index is -0.0802. The number of piperidine rings is 1.